The second-order valence-corrected chi connectivity index (χ2v) is 7.66. The second kappa shape index (κ2) is 10.1. The number of benzene rings is 2. The molecule has 1 heterocycles. The van der Waals surface area contributed by atoms with E-state index in [1.807, 2.05) is 56.3 Å². The van der Waals surface area contributed by atoms with E-state index in [2.05, 4.69) is 5.32 Å². The van der Waals surface area contributed by atoms with E-state index < -0.39 is 6.04 Å². The van der Waals surface area contributed by atoms with Crippen molar-refractivity contribution in [2.45, 2.75) is 52.6 Å². The molecule has 2 amide bonds. The number of hydrogen-bond donors (Lipinski definition) is 1. The zero-order valence-electron chi connectivity index (χ0n) is 17.9. The molecule has 1 atom stereocenters. The van der Waals surface area contributed by atoms with Gasteiger partial charge in [-0.05, 0) is 49.9 Å². The van der Waals surface area contributed by atoms with Crippen molar-refractivity contribution >= 4 is 11.8 Å². The topological polar surface area (TPSA) is 67.9 Å². The van der Waals surface area contributed by atoms with Gasteiger partial charge in [-0.1, -0.05) is 42.8 Å². The van der Waals surface area contributed by atoms with E-state index in [1.54, 1.807) is 11.8 Å². The van der Waals surface area contributed by atoms with E-state index in [4.69, 9.17) is 9.47 Å². The summed E-state index contributed by atoms with van der Waals surface area (Å²) in [5.41, 5.74) is 3.17. The molecule has 0 bridgehead atoms. The average molecular weight is 411 g/mol. The standard InChI is InChI=1S/C24H30N2O4/c1-4-13-25-24(28)18(3)26(15-20-7-5-17(2)6-8-20)23(27)12-10-19-9-11-21-22(14-19)30-16-29-21/h5-9,11,14,18H,4,10,12-13,15-16H2,1-3H3,(H,25,28)/t18-/m1/s1. The lowest BCUT2D eigenvalue weighted by atomic mass is 10.1. The van der Waals surface area contributed by atoms with Crippen LogP contribution in [-0.4, -0.2) is 36.1 Å². The summed E-state index contributed by atoms with van der Waals surface area (Å²) < 4.78 is 10.8. The van der Waals surface area contributed by atoms with Crippen LogP contribution in [0, 0.1) is 6.92 Å². The summed E-state index contributed by atoms with van der Waals surface area (Å²) >= 11 is 0. The molecule has 0 fully saturated rings. The van der Waals surface area contributed by atoms with Crippen LogP contribution in [0.4, 0.5) is 0 Å². The minimum absolute atomic E-state index is 0.0487. The summed E-state index contributed by atoms with van der Waals surface area (Å²) in [7, 11) is 0. The van der Waals surface area contributed by atoms with E-state index in [0.717, 1.165) is 28.9 Å². The van der Waals surface area contributed by atoms with Crippen LogP contribution in [0.5, 0.6) is 11.5 Å². The molecule has 1 aliphatic rings. The molecule has 0 aliphatic carbocycles. The Morgan fingerprint density at radius 2 is 1.77 bits per heavy atom. The van der Waals surface area contributed by atoms with Crippen molar-refractivity contribution in [3.05, 3.63) is 59.2 Å². The van der Waals surface area contributed by atoms with Gasteiger partial charge in [0.1, 0.15) is 6.04 Å². The highest BCUT2D eigenvalue weighted by atomic mass is 16.7. The molecule has 1 N–H and O–H groups in total. The van der Waals surface area contributed by atoms with Crippen LogP contribution in [-0.2, 0) is 22.6 Å². The highest BCUT2D eigenvalue weighted by Gasteiger charge is 2.26. The Kier molecular flexibility index (Phi) is 7.33. The van der Waals surface area contributed by atoms with E-state index in [-0.39, 0.29) is 18.6 Å². The SMILES string of the molecule is CCCNC(=O)[C@@H](C)N(Cc1ccc(C)cc1)C(=O)CCc1ccc2c(c1)OCO2. The first-order valence-electron chi connectivity index (χ1n) is 10.5. The molecular weight excluding hydrogens is 380 g/mol. The molecular formula is C24H30N2O4. The minimum atomic E-state index is -0.540. The Labute approximate surface area is 178 Å². The average Bonchev–Trinajstić information content (AvgIpc) is 3.22. The molecule has 3 rings (SSSR count). The lowest BCUT2D eigenvalue weighted by Crippen LogP contribution is -2.47. The van der Waals surface area contributed by atoms with Gasteiger partial charge in [-0.25, -0.2) is 0 Å². The van der Waals surface area contributed by atoms with Crippen LogP contribution < -0.4 is 14.8 Å². The molecule has 0 radical (unpaired) electrons. The lowest BCUT2D eigenvalue weighted by Gasteiger charge is -2.29. The van der Waals surface area contributed by atoms with Crippen LogP contribution in [0.3, 0.4) is 0 Å². The molecule has 160 valence electrons. The van der Waals surface area contributed by atoms with Gasteiger partial charge >= 0.3 is 0 Å². The summed E-state index contributed by atoms with van der Waals surface area (Å²) in [6, 6.07) is 13.2. The predicted octanol–water partition coefficient (Wildman–Crippen LogP) is 3.60. The smallest absolute Gasteiger partial charge is 0.242 e. The van der Waals surface area contributed by atoms with Gasteiger partial charge in [-0.15, -0.1) is 0 Å². The Morgan fingerprint density at radius 1 is 1.07 bits per heavy atom. The fourth-order valence-corrected chi connectivity index (χ4v) is 3.36. The van der Waals surface area contributed by atoms with Crippen molar-refractivity contribution in [2.24, 2.45) is 0 Å². The quantitative estimate of drug-likeness (QED) is 0.686. The monoisotopic (exact) mass is 410 g/mol. The van der Waals surface area contributed by atoms with Gasteiger partial charge in [-0.2, -0.15) is 0 Å². The molecule has 2 aromatic carbocycles. The van der Waals surface area contributed by atoms with Crippen molar-refractivity contribution in [3.63, 3.8) is 0 Å². The summed E-state index contributed by atoms with van der Waals surface area (Å²) in [5, 5.41) is 2.90. The minimum Gasteiger partial charge on any atom is -0.454 e. The first-order chi connectivity index (χ1) is 14.5. The van der Waals surface area contributed by atoms with Crippen molar-refractivity contribution in [3.8, 4) is 11.5 Å². The third kappa shape index (κ3) is 5.53. The number of nitrogens with one attached hydrogen (secondary N) is 1. The number of ether oxygens (including phenoxy) is 2. The maximum absolute atomic E-state index is 13.1. The molecule has 0 saturated carbocycles. The molecule has 0 unspecified atom stereocenters. The summed E-state index contributed by atoms with van der Waals surface area (Å²) in [6.07, 6.45) is 1.74. The Morgan fingerprint density at radius 3 is 2.50 bits per heavy atom. The van der Waals surface area contributed by atoms with Crippen LogP contribution in [0.15, 0.2) is 42.5 Å². The number of amides is 2. The number of carbonyl (C=O) groups excluding carboxylic acids is 2. The molecule has 1 aliphatic heterocycles. The zero-order valence-corrected chi connectivity index (χ0v) is 17.9. The Bertz CT molecular complexity index is 879. The number of rotatable bonds is 9. The van der Waals surface area contributed by atoms with Crippen molar-refractivity contribution in [2.75, 3.05) is 13.3 Å². The van der Waals surface area contributed by atoms with Crippen LogP contribution in [0.2, 0.25) is 0 Å². The second-order valence-electron chi connectivity index (χ2n) is 7.66. The highest BCUT2D eigenvalue weighted by molar-refractivity contribution is 5.87. The van der Waals surface area contributed by atoms with Gasteiger partial charge < -0.3 is 19.7 Å². The summed E-state index contributed by atoms with van der Waals surface area (Å²) in [4.78, 5) is 27.4. The molecule has 0 aromatic heterocycles. The van der Waals surface area contributed by atoms with Crippen molar-refractivity contribution in [1.82, 2.24) is 10.2 Å². The molecule has 0 spiro atoms. The largest absolute Gasteiger partial charge is 0.454 e. The number of nitrogens with zero attached hydrogens (tertiary/aromatic N) is 1. The van der Waals surface area contributed by atoms with Crippen LogP contribution in [0.1, 0.15) is 43.4 Å². The third-order valence-electron chi connectivity index (χ3n) is 5.25. The number of hydrogen-bond acceptors (Lipinski definition) is 4. The number of aryl methyl sites for hydroxylation is 2. The third-order valence-corrected chi connectivity index (χ3v) is 5.25. The molecule has 6 nitrogen and oxygen atoms in total. The zero-order chi connectivity index (χ0) is 21.5. The van der Waals surface area contributed by atoms with Crippen molar-refractivity contribution < 1.29 is 19.1 Å². The molecule has 2 aromatic rings. The van der Waals surface area contributed by atoms with Crippen LogP contribution in [0.25, 0.3) is 0 Å². The van der Waals surface area contributed by atoms with Gasteiger partial charge in [0, 0.05) is 19.5 Å². The van der Waals surface area contributed by atoms with Gasteiger partial charge in [0.15, 0.2) is 11.5 Å². The van der Waals surface area contributed by atoms with Crippen LogP contribution >= 0.6 is 0 Å². The lowest BCUT2D eigenvalue weighted by molar-refractivity contribution is -0.140. The Balaban J connectivity index is 1.69. The van der Waals surface area contributed by atoms with E-state index in [0.29, 0.717) is 31.7 Å². The fourth-order valence-electron chi connectivity index (χ4n) is 3.36. The number of fused-ring (bicyclic) bond motifs is 1. The molecule has 30 heavy (non-hydrogen) atoms. The summed E-state index contributed by atoms with van der Waals surface area (Å²) in [5.74, 6) is 1.27. The van der Waals surface area contributed by atoms with Gasteiger partial charge in [0.05, 0.1) is 0 Å². The highest BCUT2D eigenvalue weighted by Crippen LogP contribution is 2.32. The van der Waals surface area contributed by atoms with Gasteiger partial charge in [-0.3, -0.25) is 9.59 Å². The first kappa shape index (κ1) is 21.7. The molecule has 6 heteroatoms. The normalized spacial score (nSPS) is 13.0. The summed E-state index contributed by atoms with van der Waals surface area (Å²) in [6.45, 7) is 7.06. The van der Waals surface area contributed by atoms with E-state index in [9.17, 15) is 9.59 Å². The predicted molar refractivity (Wildman–Crippen MR) is 115 cm³/mol. The fraction of sp³-hybridized carbons (Fsp3) is 0.417. The maximum Gasteiger partial charge on any atom is 0.242 e. The van der Waals surface area contributed by atoms with Gasteiger partial charge in [0.2, 0.25) is 18.6 Å². The van der Waals surface area contributed by atoms with Crippen molar-refractivity contribution in [1.29, 1.82) is 0 Å². The first-order valence-corrected chi connectivity index (χ1v) is 10.5. The van der Waals surface area contributed by atoms with E-state index >= 15 is 0 Å². The number of carbonyl (C=O) groups is 2. The molecule has 0 saturated heterocycles. The Hall–Kier alpha value is -3.02. The van der Waals surface area contributed by atoms with E-state index in [1.165, 1.54) is 0 Å². The van der Waals surface area contributed by atoms with Gasteiger partial charge in [0.25, 0.3) is 0 Å². The maximum atomic E-state index is 13.1.